The summed E-state index contributed by atoms with van der Waals surface area (Å²) in [6, 6.07) is 0. The molecule has 0 heterocycles. The zero-order chi connectivity index (χ0) is 9.42. The maximum Gasteiger partial charge on any atom is -0.0200 e. The summed E-state index contributed by atoms with van der Waals surface area (Å²) in [4.78, 5) is 0. The van der Waals surface area contributed by atoms with E-state index in [1.807, 2.05) is 0 Å². The van der Waals surface area contributed by atoms with Crippen molar-refractivity contribution in [2.45, 2.75) is 52.9 Å². The molecular formula is C13H22. The van der Waals surface area contributed by atoms with Crippen LogP contribution < -0.4 is 0 Å². The van der Waals surface area contributed by atoms with E-state index < -0.39 is 0 Å². The number of hydrogen-bond acceptors (Lipinski definition) is 0. The zero-order valence-corrected chi connectivity index (χ0v) is 9.27. The first-order chi connectivity index (χ1) is 6.22. The van der Waals surface area contributed by atoms with Crippen molar-refractivity contribution in [1.29, 1.82) is 0 Å². The molecule has 13 heavy (non-hydrogen) atoms. The third-order valence-electron chi connectivity index (χ3n) is 3.99. The smallest absolute Gasteiger partial charge is 0.0200 e. The van der Waals surface area contributed by atoms with Crippen LogP contribution in [0, 0.1) is 17.8 Å². The van der Waals surface area contributed by atoms with E-state index in [4.69, 9.17) is 0 Å². The van der Waals surface area contributed by atoms with Crippen molar-refractivity contribution >= 4 is 0 Å². The predicted molar refractivity (Wildman–Crippen MR) is 57.6 cm³/mol. The van der Waals surface area contributed by atoms with Crippen LogP contribution in [0.25, 0.3) is 0 Å². The zero-order valence-electron chi connectivity index (χ0n) is 9.27. The molecule has 0 N–H and O–H groups in total. The second-order valence-electron chi connectivity index (χ2n) is 5.17. The van der Waals surface area contributed by atoms with Gasteiger partial charge in [0.15, 0.2) is 0 Å². The third-order valence-corrected chi connectivity index (χ3v) is 3.99. The molecule has 0 aromatic carbocycles. The molecule has 2 rings (SSSR count). The van der Waals surface area contributed by atoms with E-state index in [2.05, 4.69) is 20.8 Å². The molecule has 0 bridgehead atoms. The van der Waals surface area contributed by atoms with E-state index in [0.717, 1.165) is 17.8 Å². The quantitative estimate of drug-likeness (QED) is 0.557. The Morgan fingerprint density at radius 3 is 2.31 bits per heavy atom. The predicted octanol–water partition coefficient (Wildman–Crippen LogP) is 4.17. The third kappa shape index (κ3) is 1.82. The molecule has 2 unspecified atom stereocenters. The van der Waals surface area contributed by atoms with Crippen LogP contribution in [0.4, 0.5) is 0 Å². The van der Waals surface area contributed by atoms with Gasteiger partial charge in [0.05, 0.1) is 0 Å². The summed E-state index contributed by atoms with van der Waals surface area (Å²) in [6.45, 7) is 6.95. The summed E-state index contributed by atoms with van der Waals surface area (Å²) in [7, 11) is 0. The van der Waals surface area contributed by atoms with Gasteiger partial charge in [0, 0.05) is 0 Å². The normalized spacial score (nSPS) is 33.9. The Hall–Kier alpha value is -0.260. The molecule has 2 aliphatic rings. The molecular weight excluding hydrogens is 156 g/mol. The minimum Gasteiger partial charge on any atom is -0.0769 e. The molecule has 0 amide bonds. The second kappa shape index (κ2) is 3.48. The van der Waals surface area contributed by atoms with E-state index >= 15 is 0 Å². The lowest BCUT2D eigenvalue weighted by Gasteiger charge is -2.09. The van der Waals surface area contributed by atoms with Crippen LogP contribution in [-0.4, -0.2) is 0 Å². The number of rotatable bonds is 2. The molecule has 0 radical (unpaired) electrons. The van der Waals surface area contributed by atoms with Crippen molar-refractivity contribution in [3.63, 3.8) is 0 Å². The SMILES string of the molecule is CCC1CC(C2CC2)CC1=C(C)C. The van der Waals surface area contributed by atoms with Gasteiger partial charge < -0.3 is 0 Å². The van der Waals surface area contributed by atoms with Crippen molar-refractivity contribution in [2.24, 2.45) is 17.8 Å². The van der Waals surface area contributed by atoms with E-state index in [1.165, 1.54) is 32.1 Å². The molecule has 0 saturated heterocycles. The molecule has 0 aromatic heterocycles. The van der Waals surface area contributed by atoms with Gasteiger partial charge in [0.2, 0.25) is 0 Å². The molecule has 2 fully saturated rings. The first kappa shape index (κ1) is 9.30. The van der Waals surface area contributed by atoms with Gasteiger partial charge in [-0.05, 0) is 63.7 Å². The first-order valence-electron chi connectivity index (χ1n) is 5.88. The topological polar surface area (TPSA) is 0 Å². The van der Waals surface area contributed by atoms with Crippen molar-refractivity contribution < 1.29 is 0 Å². The molecule has 0 aromatic rings. The number of allylic oxidation sites excluding steroid dienone is 2. The molecule has 74 valence electrons. The van der Waals surface area contributed by atoms with Gasteiger partial charge in [0.25, 0.3) is 0 Å². The second-order valence-corrected chi connectivity index (χ2v) is 5.17. The Kier molecular flexibility index (Phi) is 2.49. The molecule has 2 saturated carbocycles. The highest BCUT2D eigenvalue weighted by Gasteiger charge is 2.38. The Bertz CT molecular complexity index is 216. The van der Waals surface area contributed by atoms with Crippen molar-refractivity contribution in [3.05, 3.63) is 11.1 Å². The van der Waals surface area contributed by atoms with Crippen LogP contribution in [0.1, 0.15) is 52.9 Å². The summed E-state index contributed by atoms with van der Waals surface area (Å²) in [6.07, 6.45) is 7.35. The van der Waals surface area contributed by atoms with Crippen LogP contribution in [0.3, 0.4) is 0 Å². The molecule has 2 aliphatic carbocycles. The maximum atomic E-state index is 2.35. The Balaban J connectivity index is 2.07. The van der Waals surface area contributed by atoms with Crippen LogP contribution >= 0.6 is 0 Å². The average Bonchev–Trinajstić information content (AvgIpc) is 2.84. The highest BCUT2D eigenvalue weighted by atomic mass is 14.4. The van der Waals surface area contributed by atoms with Crippen molar-refractivity contribution in [3.8, 4) is 0 Å². The highest BCUT2D eigenvalue weighted by Crippen LogP contribution is 2.50. The largest absolute Gasteiger partial charge is 0.0769 e. The minimum absolute atomic E-state index is 0.940. The molecule has 0 spiro atoms. The van der Waals surface area contributed by atoms with Gasteiger partial charge >= 0.3 is 0 Å². The molecule has 0 nitrogen and oxygen atoms in total. The average molecular weight is 178 g/mol. The van der Waals surface area contributed by atoms with Gasteiger partial charge in [-0.1, -0.05) is 18.1 Å². The molecule has 0 heteroatoms. The fraction of sp³-hybridized carbons (Fsp3) is 0.846. The summed E-state index contributed by atoms with van der Waals surface area (Å²) < 4.78 is 0. The van der Waals surface area contributed by atoms with E-state index in [-0.39, 0.29) is 0 Å². The molecule has 0 aliphatic heterocycles. The highest BCUT2D eigenvalue weighted by molar-refractivity contribution is 5.19. The lowest BCUT2D eigenvalue weighted by atomic mass is 9.96. The van der Waals surface area contributed by atoms with E-state index in [9.17, 15) is 0 Å². The van der Waals surface area contributed by atoms with E-state index in [1.54, 1.807) is 11.1 Å². The monoisotopic (exact) mass is 178 g/mol. The van der Waals surface area contributed by atoms with Gasteiger partial charge in [0.1, 0.15) is 0 Å². The van der Waals surface area contributed by atoms with Gasteiger partial charge in [-0.3, -0.25) is 0 Å². The Labute approximate surface area is 82.4 Å². The van der Waals surface area contributed by atoms with Gasteiger partial charge in [-0.2, -0.15) is 0 Å². The summed E-state index contributed by atoms with van der Waals surface area (Å²) in [5, 5.41) is 0. The van der Waals surface area contributed by atoms with Crippen LogP contribution in [0.15, 0.2) is 11.1 Å². The fourth-order valence-electron chi connectivity index (χ4n) is 2.99. The summed E-state index contributed by atoms with van der Waals surface area (Å²) >= 11 is 0. The standard InChI is InChI=1S/C13H22/c1-4-10-7-12(11-5-6-11)8-13(10)9(2)3/h10-12H,4-8H2,1-3H3. The Morgan fingerprint density at radius 2 is 1.92 bits per heavy atom. The van der Waals surface area contributed by atoms with Gasteiger partial charge in [-0.25, -0.2) is 0 Å². The van der Waals surface area contributed by atoms with Crippen LogP contribution in [0.2, 0.25) is 0 Å². The molecule has 2 atom stereocenters. The minimum atomic E-state index is 0.940. The van der Waals surface area contributed by atoms with Crippen molar-refractivity contribution in [1.82, 2.24) is 0 Å². The van der Waals surface area contributed by atoms with Crippen LogP contribution in [0.5, 0.6) is 0 Å². The lowest BCUT2D eigenvalue weighted by Crippen LogP contribution is -1.97. The summed E-state index contributed by atoms with van der Waals surface area (Å²) in [5.41, 5.74) is 3.41. The lowest BCUT2D eigenvalue weighted by molar-refractivity contribution is 0.443. The fourth-order valence-corrected chi connectivity index (χ4v) is 2.99. The summed E-state index contributed by atoms with van der Waals surface area (Å²) in [5.74, 6) is 3.12. The maximum absolute atomic E-state index is 2.35. The van der Waals surface area contributed by atoms with Crippen molar-refractivity contribution in [2.75, 3.05) is 0 Å². The number of hydrogen-bond donors (Lipinski definition) is 0. The van der Waals surface area contributed by atoms with E-state index in [0.29, 0.717) is 0 Å². The first-order valence-corrected chi connectivity index (χ1v) is 5.88. The van der Waals surface area contributed by atoms with Gasteiger partial charge in [-0.15, -0.1) is 0 Å². The Morgan fingerprint density at radius 1 is 1.23 bits per heavy atom. The van der Waals surface area contributed by atoms with Crippen LogP contribution in [-0.2, 0) is 0 Å².